The molecule has 1 aliphatic heterocycles. The van der Waals surface area contributed by atoms with Gasteiger partial charge in [0.05, 0.1) is 11.1 Å². The highest BCUT2D eigenvalue weighted by Crippen LogP contribution is 2.32. The molecular weight excluding hydrogens is 350 g/mol. The summed E-state index contributed by atoms with van der Waals surface area (Å²) in [4.78, 5) is 21.2. The lowest BCUT2D eigenvalue weighted by Crippen LogP contribution is -2.47. The number of piperidine rings is 1. The predicted molar refractivity (Wildman–Crippen MR) is 112 cm³/mol. The van der Waals surface area contributed by atoms with Crippen molar-refractivity contribution >= 4 is 22.6 Å². The van der Waals surface area contributed by atoms with Crippen LogP contribution in [0.15, 0.2) is 42.5 Å². The summed E-state index contributed by atoms with van der Waals surface area (Å²) < 4.78 is 0. The number of aromatic nitrogens is 2. The molecule has 2 aliphatic rings. The molecule has 1 aromatic heterocycles. The van der Waals surface area contributed by atoms with Crippen LogP contribution in [-0.4, -0.2) is 35.0 Å². The van der Waals surface area contributed by atoms with Gasteiger partial charge in [0.1, 0.15) is 11.6 Å². The number of hydrogen-bond donors (Lipinski definition) is 3. The lowest BCUT2D eigenvalue weighted by Gasteiger charge is -2.37. The molecule has 1 aliphatic carbocycles. The molecule has 28 heavy (non-hydrogen) atoms. The summed E-state index contributed by atoms with van der Waals surface area (Å²) in [6, 6.07) is 5.78. The summed E-state index contributed by atoms with van der Waals surface area (Å²) in [5.41, 5.74) is 6.65. The molecular formula is C22H27N5O. The Morgan fingerprint density at radius 1 is 1.32 bits per heavy atom. The highest BCUT2D eigenvalue weighted by molar-refractivity contribution is 6.07. The van der Waals surface area contributed by atoms with Crippen LogP contribution in [0.3, 0.4) is 0 Å². The minimum absolute atomic E-state index is 0.259. The van der Waals surface area contributed by atoms with Gasteiger partial charge >= 0.3 is 0 Å². The number of allylic oxidation sites excluding steroid dienone is 4. The zero-order valence-electron chi connectivity index (χ0n) is 16.2. The third-order valence-electron chi connectivity index (χ3n) is 5.78. The van der Waals surface area contributed by atoms with Crippen LogP contribution in [-0.2, 0) is 6.42 Å². The largest absolute Gasteiger partial charge is 0.366 e. The number of fused-ring (bicyclic) bond motifs is 1. The van der Waals surface area contributed by atoms with Crippen LogP contribution in [0, 0.1) is 11.8 Å². The van der Waals surface area contributed by atoms with Crippen molar-refractivity contribution in [1.82, 2.24) is 15.3 Å². The molecule has 1 unspecified atom stereocenters. The Morgan fingerprint density at radius 3 is 2.96 bits per heavy atom. The molecule has 4 rings (SSSR count). The Bertz CT molecular complexity index is 936. The van der Waals surface area contributed by atoms with Gasteiger partial charge in [0.2, 0.25) is 0 Å². The monoisotopic (exact) mass is 377 g/mol. The molecule has 6 nitrogen and oxygen atoms in total. The van der Waals surface area contributed by atoms with Gasteiger partial charge in [-0.05, 0) is 43.4 Å². The van der Waals surface area contributed by atoms with E-state index in [0.717, 1.165) is 37.1 Å². The molecule has 0 spiro atoms. The van der Waals surface area contributed by atoms with Gasteiger partial charge in [-0.2, -0.15) is 0 Å². The predicted octanol–water partition coefficient (Wildman–Crippen LogP) is 2.81. The number of nitrogens with one attached hydrogen (secondary N) is 2. The molecule has 0 bridgehead atoms. The van der Waals surface area contributed by atoms with Crippen molar-refractivity contribution in [2.75, 3.05) is 18.4 Å². The van der Waals surface area contributed by atoms with E-state index in [-0.39, 0.29) is 6.04 Å². The van der Waals surface area contributed by atoms with Crippen LogP contribution in [0.2, 0.25) is 0 Å². The fraction of sp³-hybridized carbons (Fsp3) is 0.409. The minimum Gasteiger partial charge on any atom is -0.366 e. The Kier molecular flexibility index (Phi) is 5.39. The third-order valence-corrected chi connectivity index (χ3v) is 5.78. The maximum Gasteiger partial charge on any atom is 0.250 e. The number of rotatable bonds is 5. The van der Waals surface area contributed by atoms with Crippen molar-refractivity contribution in [3.63, 3.8) is 0 Å². The van der Waals surface area contributed by atoms with Gasteiger partial charge in [0.25, 0.3) is 5.91 Å². The highest BCUT2D eigenvalue weighted by Gasteiger charge is 2.31. The number of para-hydroxylation sites is 1. The summed E-state index contributed by atoms with van der Waals surface area (Å²) >= 11 is 0. The average molecular weight is 377 g/mol. The standard InChI is InChI=1S/C22H27N5O/c1-2-19-26-20-16(21(23)28)9-6-10-17(20)22(27-19)25-18-13-24-12-11-15(18)14-7-4-3-5-8-14/h3-7,9-10,14-15,18,24H,2,8,11-13H2,1H3,(H2,23,28)(H,25,26,27)/t14?,15-,18+/m0/s1. The van der Waals surface area contributed by atoms with Gasteiger partial charge in [-0.15, -0.1) is 0 Å². The van der Waals surface area contributed by atoms with E-state index in [9.17, 15) is 4.79 Å². The smallest absolute Gasteiger partial charge is 0.250 e. The van der Waals surface area contributed by atoms with E-state index in [1.165, 1.54) is 0 Å². The number of hydrogen-bond acceptors (Lipinski definition) is 5. The fourth-order valence-electron chi connectivity index (χ4n) is 4.31. The maximum absolute atomic E-state index is 11.9. The third kappa shape index (κ3) is 3.64. The molecule has 1 fully saturated rings. The molecule has 1 aromatic carbocycles. The number of carbonyl (C=O) groups excluding carboxylic acids is 1. The van der Waals surface area contributed by atoms with Gasteiger partial charge in [-0.25, -0.2) is 9.97 Å². The molecule has 146 valence electrons. The van der Waals surface area contributed by atoms with Gasteiger partial charge in [-0.3, -0.25) is 4.79 Å². The van der Waals surface area contributed by atoms with Crippen molar-refractivity contribution < 1.29 is 4.79 Å². The number of benzene rings is 1. The number of nitrogens with zero attached hydrogens (tertiary/aromatic N) is 2. The first-order valence-electron chi connectivity index (χ1n) is 10.1. The normalized spacial score (nSPS) is 24.4. The van der Waals surface area contributed by atoms with Crippen LogP contribution < -0.4 is 16.4 Å². The lowest BCUT2D eigenvalue weighted by atomic mass is 9.78. The van der Waals surface area contributed by atoms with E-state index < -0.39 is 5.91 Å². The summed E-state index contributed by atoms with van der Waals surface area (Å²) in [6.07, 6.45) is 11.7. The van der Waals surface area contributed by atoms with E-state index >= 15 is 0 Å². The van der Waals surface area contributed by atoms with E-state index in [1.54, 1.807) is 6.07 Å². The van der Waals surface area contributed by atoms with E-state index in [2.05, 4.69) is 39.9 Å². The molecule has 4 N–H and O–H groups in total. The van der Waals surface area contributed by atoms with E-state index in [4.69, 9.17) is 10.7 Å². The molecule has 2 aromatic rings. The first-order chi connectivity index (χ1) is 13.7. The molecule has 3 atom stereocenters. The number of carbonyl (C=O) groups is 1. The topological polar surface area (TPSA) is 92.9 Å². The minimum atomic E-state index is -0.464. The number of primary amides is 1. The zero-order chi connectivity index (χ0) is 19.5. The van der Waals surface area contributed by atoms with Gasteiger partial charge in [-0.1, -0.05) is 37.3 Å². The first kappa shape index (κ1) is 18.6. The summed E-state index contributed by atoms with van der Waals surface area (Å²) in [5.74, 6) is 2.10. The summed E-state index contributed by atoms with van der Waals surface area (Å²) in [6.45, 7) is 3.94. The van der Waals surface area contributed by atoms with Gasteiger partial charge in [0, 0.05) is 24.4 Å². The quantitative estimate of drug-likeness (QED) is 0.745. The first-order valence-corrected chi connectivity index (χ1v) is 10.1. The Morgan fingerprint density at radius 2 is 2.21 bits per heavy atom. The molecule has 1 saturated heterocycles. The molecule has 1 amide bonds. The second-order valence-corrected chi connectivity index (χ2v) is 7.53. The van der Waals surface area contributed by atoms with Crippen molar-refractivity contribution in [1.29, 1.82) is 0 Å². The van der Waals surface area contributed by atoms with Crippen molar-refractivity contribution in [3.8, 4) is 0 Å². The van der Waals surface area contributed by atoms with Crippen molar-refractivity contribution in [2.45, 2.75) is 32.2 Å². The van der Waals surface area contributed by atoms with Crippen LogP contribution in [0.1, 0.15) is 35.9 Å². The van der Waals surface area contributed by atoms with Gasteiger partial charge in [0.15, 0.2) is 0 Å². The lowest BCUT2D eigenvalue weighted by molar-refractivity contribution is 0.100. The van der Waals surface area contributed by atoms with E-state index in [0.29, 0.717) is 35.2 Å². The SMILES string of the molecule is CCc1nc(N[C@@H]2CNCC[C@H]2C2C=CC=CC2)c2cccc(C(N)=O)c2n1. The van der Waals surface area contributed by atoms with Crippen LogP contribution in [0.5, 0.6) is 0 Å². The Balaban J connectivity index is 1.71. The van der Waals surface area contributed by atoms with Crippen molar-refractivity contribution in [3.05, 3.63) is 53.9 Å². The van der Waals surface area contributed by atoms with Crippen LogP contribution in [0.4, 0.5) is 5.82 Å². The molecule has 0 radical (unpaired) electrons. The number of anilines is 1. The number of aryl methyl sites for hydroxylation is 1. The number of amides is 1. The summed E-state index contributed by atoms with van der Waals surface area (Å²) in [5, 5.41) is 8.04. The molecule has 2 heterocycles. The fourth-order valence-corrected chi connectivity index (χ4v) is 4.31. The maximum atomic E-state index is 11.9. The van der Waals surface area contributed by atoms with E-state index in [1.807, 2.05) is 19.1 Å². The molecule has 6 heteroatoms. The Labute approximate surface area is 165 Å². The second kappa shape index (κ2) is 8.10. The van der Waals surface area contributed by atoms with Crippen LogP contribution >= 0.6 is 0 Å². The van der Waals surface area contributed by atoms with Gasteiger partial charge < -0.3 is 16.4 Å². The van der Waals surface area contributed by atoms with Crippen molar-refractivity contribution in [2.24, 2.45) is 17.6 Å². The average Bonchev–Trinajstić information content (AvgIpc) is 2.74. The highest BCUT2D eigenvalue weighted by atomic mass is 16.1. The summed E-state index contributed by atoms with van der Waals surface area (Å²) in [7, 11) is 0. The zero-order valence-corrected chi connectivity index (χ0v) is 16.2. The van der Waals surface area contributed by atoms with Crippen LogP contribution in [0.25, 0.3) is 10.9 Å². The molecule has 0 saturated carbocycles. The second-order valence-electron chi connectivity index (χ2n) is 7.53. The Hall–Kier alpha value is -2.73. The number of nitrogens with two attached hydrogens (primary N) is 1.